The summed E-state index contributed by atoms with van der Waals surface area (Å²) in [5, 5.41) is 12.5. The van der Waals surface area contributed by atoms with Gasteiger partial charge < -0.3 is 14.8 Å². The van der Waals surface area contributed by atoms with Gasteiger partial charge in [-0.1, -0.05) is 25.2 Å². The highest BCUT2D eigenvalue weighted by molar-refractivity contribution is 7.15. The number of carbonyl (C=O) groups excluding carboxylic acids is 1. The van der Waals surface area contributed by atoms with E-state index in [0.717, 1.165) is 5.01 Å². The third-order valence-electron chi connectivity index (χ3n) is 3.04. The van der Waals surface area contributed by atoms with E-state index in [-0.39, 0.29) is 18.4 Å². The van der Waals surface area contributed by atoms with Crippen molar-refractivity contribution in [1.29, 1.82) is 0 Å². The average molecular weight is 314 g/mol. The molecule has 0 bridgehead atoms. The van der Waals surface area contributed by atoms with E-state index in [1.165, 1.54) is 11.3 Å². The van der Waals surface area contributed by atoms with Gasteiger partial charge in [0, 0.05) is 12.5 Å². The predicted molar refractivity (Wildman–Crippen MR) is 80.7 cm³/mol. The Morgan fingerprint density at radius 1 is 1.52 bits per heavy atom. The van der Waals surface area contributed by atoms with Crippen LogP contribution in [-0.2, 0) is 9.47 Å². The number of nitrogens with one attached hydrogen (secondary N) is 1. The maximum atomic E-state index is 12.2. The predicted octanol–water partition coefficient (Wildman–Crippen LogP) is 1.96. The van der Waals surface area contributed by atoms with Crippen LogP contribution in [0, 0.1) is 0 Å². The molecule has 8 heteroatoms. The Morgan fingerprint density at radius 2 is 2.29 bits per heavy atom. The van der Waals surface area contributed by atoms with Crippen molar-refractivity contribution in [2.24, 2.45) is 0 Å². The van der Waals surface area contributed by atoms with E-state index in [1.54, 1.807) is 4.90 Å². The summed E-state index contributed by atoms with van der Waals surface area (Å²) in [6.45, 7) is 9.37. The van der Waals surface area contributed by atoms with Crippen LogP contribution in [0.1, 0.15) is 38.6 Å². The maximum absolute atomic E-state index is 12.2. The van der Waals surface area contributed by atoms with Crippen molar-refractivity contribution < 1.29 is 14.3 Å². The molecule has 1 N–H and O–H groups in total. The van der Waals surface area contributed by atoms with E-state index < -0.39 is 0 Å². The van der Waals surface area contributed by atoms with Gasteiger partial charge in [-0.25, -0.2) is 4.79 Å². The molecule has 0 aliphatic carbocycles. The van der Waals surface area contributed by atoms with Gasteiger partial charge in [0.05, 0.1) is 19.3 Å². The molecule has 1 aromatic heterocycles. The molecule has 118 valence electrons. The van der Waals surface area contributed by atoms with Crippen LogP contribution in [0.2, 0.25) is 0 Å². The Kier molecular flexibility index (Phi) is 5.49. The SMILES string of the molecule is CCN(C(=O)NCC1OCC(C)O1)c1nnc(C(C)C)s1. The zero-order chi connectivity index (χ0) is 15.4. The van der Waals surface area contributed by atoms with Crippen LogP contribution in [0.3, 0.4) is 0 Å². The number of ether oxygens (including phenoxy) is 2. The molecule has 2 amide bonds. The van der Waals surface area contributed by atoms with Crippen molar-refractivity contribution in [2.45, 2.75) is 46.0 Å². The highest BCUT2D eigenvalue weighted by Crippen LogP contribution is 2.25. The third-order valence-corrected chi connectivity index (χ3v) is 4.28. The second-order valence-electron chi connectivity index (χ2n) is 5.22. The van der Waals surface area contributed by atoms with Crippen molar-refractivity contribution in [3.63, 3.8) is 0 Å². The van der Waals surface area contributed by atoms with Gasteiger partial charge in [0.25, 0.3) is 0 Å². The van der Waals surface area contributed by atoms with E-state index in [9.17, 15) is 4.79 Å². The molecule has 2 heterocycles. The van der Waals surface area contributed by atoms with Crippen LogP contribution in [-0.4, -0.2) is 48.3 Å². The molecule has 0 aromatic carbocycles. The Labute approximate surface area is 128 Å². The number of anilines is 1. The summed E-state index contributed by atoms with van der Waals surface area (Å²) in [4.78, 5) is 13.8. The fourth-order valence-electron chi connectivity index (χ4n) is 1.89. The van der Waals surface area contributed by atoms with Gasteiger partial charge in [-0.2, -0.15) is 0 Å². The summed E-state index contributed by atoms with van der Waals surface area (Å²) in [5.41, 5.74) is 0. The first kappa shape index (κ1) is 16.1. The minimum absolute atomic E-state index is 0.0749. The van der Waals surface area contributed by atoms with Crippen molar-refractivity contribution in [1.82, 2.24) is 15.5 Å². The molecule has 0 spiro atoms. The second kappa shape index (κ2) is 7.15. The van der Waals surface area contributed by atoms with E-state index in [4.69, 9.17) is 9.47 Å². The van der Waals surface area contributed by atoms with Gasteiger partial charge in [0.15, 0.2) is 6.29 Å². The Bertz CT molecular complexity index is 480. The third kappa shape index (κ3) is 4.12. The lowest BCUT2D eigenvalue weighted by molar-refractivity contribution is -0.0498. The van der Waals surface area contributed by atoms with Gasteiger partial charge >= 0.3 is 6.03 Å². The zero-order valence-corrected chi connectivity index (χ0v) is 13.6. The molecule has 1 aliphatic rings. The van der Waals surface area contributed by atoms with E-state index in [0.29, 0.717) is 30.7 Å². The first-order chi connectivity index (χ1) is 10.0. The molecule has 0 saturated carbocycles. The van der Waals surface area contributed by atoms with E-state index in [2.05, 4.69) is 29.4 Å². The van der Waals surface area contributed by atoms with Gasteiger partial charge in [-0.3, -0.25) is 4.90 Å². The minimum Gasteiger partial charge on any atom is -0.348 e. The molecular weight excluding hydrogens is 292 g/mol. The maximum Gasteiger partial charge on any atom is 0.323 e. The van der Waals surface area contributed by atoms with Crippen LogP contribution >= 0.6 is 11.3 Å². The normalized spacial score (nSPS) is 21.8. The minimum atomic E-state index is -0.372. The van der Waals surface area contributed by atoms with E-state index in [1.807, 2.05) is 13.8 Å². The molecule has 21 heavy (non-hydrogen) atoms. The standard InChI is InChI=1S/C13H22N4O3S/c1-5-17(13-16-15-11(21-13)8(2)3)12(18)14-6-10-19-7-9(4)20-10/h8-10H,5-7H2,1-4H3,(H,14,18). The number of carbonyl (C=O) groups is 1. The molecule has 1 fully saturated rings. The summed E-state index contributed by atoms with van der Waals surface area (Å²) >= 11 is 1.44. The molecule has 0 radical (unpaired) electrons. The van der Waals surface area contributed by atoms with Crippen molar-refractivity contribution >= 4 is 22.5 Å². The Hall–Kier alpha value is -1.25. The smallest absolute Gasteiger partial charge is 0.323 e. The topological polar surface area (TPSA) is 76.6 Å². The van der Waals surface area contributed by atoms with Crippen LogP contribution in [0.4, 0.5) is 9.93 Å². The molecule has 1 saturated heterocycles. The summed E-state index contributed by atoms with van der Waals surface area (Å²) < 4.78 is 10.9. The van der Waals surface area contributed by atoms with Gasteiger partial charge in [0.1, 0.15) is 5.01 Å². The number of urea groups is 1. The number of rotatable bonds is 5. The zero-order valence-electron chi connectivity index (χ0n) is 12.8. The van der Waals surface area contributed by atoms with Crippen LogP contribution in [0.5, 0.6) is 0 Å². The number of aromatic nitrogens is 2. The number of amides is 2. The Balaban J connectivity index is 1.91. The number of hydrogen-bond donors (Lipinski definition) is 1. The second-order valence-corrected chi connectivity index (χ2v) is 6.21. The van der Waals surface area contributed by atoms with Crippen LogP contribution in [0.15, 0.2) is 0 Å². The molecular formula is C13H22N4O3S. The fourth-order valence-corrected chi connectivity index (χ4v) is 2.80. The average Bonchev–Trinajstić information content (AvgIpc) is 3.06. The van der Waals surface area contributed by atoms with Gasteiger partial charge in [-0.05, 0) is 13.8 Å². The highest BCUT2D eigenvalue weighted by atomic mass is 32.1. The fraction of sp³-hybridized carbons (Fsp3) is 0.769. The highest BCUT2D eigenvalue weighted by Gasteiger charge is 2.25. The van der Waals surface area contributed by atoms with Crippen LogP contribution < -0.4 is 10.2 Å². The van der Waals surface area contributed by atoms with Gasteiger partial charge in [0.2, 0.25) is 5.13 Å². The molecule has 1 aromatic rings. The lowest BCUT2D eigenvalue weighted by atomic mass is 10.2. The molecule has 2 atom stereocenters. The summed E-state index contributed by atoms with van der Waals surface area (Å²) in [7, 11) is 0. The first-order valence-corrected chi connectivity index (χ1v) is 7.98. The summed E-state index contributed by atoms with van der Waals surface area (Å²) in [6.07, 6.45) is -0.297. The molecule has 7 nitrogen and oxygen atoms in total. The largest absolute Gasteiger partial charge is 0.348 e. The van der Waals surface area contributed by atoms with Crippen molar-refractivity contribution in [2.75, 3.05) is 24.6 Å². The number of hydrogen-bond acceptors (Lipinski definition) is 6. The van der Waals surface area contributed by atoms with Gasteiger partial charge in [-0.15, -0.1) is 10.2 Å². The van der Waals surface area contributed by atoms with Crippen molar-refractivity contribution in [3.05, 3.63) is 5.01 Å². The lowest BCUT2D eigenvalue weighted by Crippen LogP contribution is -2.43. The van der Waals surface area contributed by atoms with E-state index >= 15 is 0 Å². The monoisotopic (exact) mass is 314 g/mol. The number of nitrogens with zero attached hydrogens (tertiary/aromatic N) is 3. The summed E-state index contributed by atoms with van der Waals surface area (Å²) in [6, 6.07) is -0.212. The quantitative estimate of drug-likeness (QED) is 0.899. The van der Waals surface area contributed by atoms with Crippen LogP contribution in [0.25, 0.3) is 0 Å². The molecule has 1 aliphatic heterocycles. The molecule has 2 rings (SSSR count). The summed E-state index contributed by atoms with van der Waals surface area (Å²) in [5.74, 6) is 0.305. The Morgan fingerprint density at radius 3 is 2.81 bits per heavy atom. The lowest BCUT2D eigenvalue weighted by Gasteiger charge is -2.19. The van der Waals surface area contributed by atoms with Crippen molar-refractivity contribution in [3.8, 4) is 0 Å². The molecule has 2 unspecified atom stereocenters. The first-order valence-electron chi connectivity index (χ1n) is 7.17.